The van der Waals surface area contributed by atoms with Crippen LogP contribution < -0.4 is 10.1 Å². The van der Waals surface area contributed by atoms with E-state index in [-0.39, 0.29) is 18.2 Å². The van der Waals surface area contributed by atoms with E-state index in [1.807, 2.05) is 13.8 Å². The molecule has 0 aliphatic rings. The summed E-state index contributed by atoms with van der Waals surface area (Å²) in [6.45, 7) is 4.41. The van der Waals surface area contributed by atoms with Crippen molar-refractivity contribution in [1.29, 1.82) is 0 Å². The highest BCUT2D eigenvalue weighted by atomic mass is 16.5. The lowest BCUT2D eigenvalue weighted by atomic mass is 9.94. The molecule has 0 aliphatic heterocycles. The molecule has 0 saturated heterocycles. The number of carboxylic acids is 1. The molecule has 21 heavy (non-hydrogen) atoms. The van der Waals surface area contributed by atoms with E-state index in [4.69, 9.17) is 9.84 Å². The molecule has 2 N–H and O–H groups in total. The zero-order chi connectivity index (χ0) is 15.8. The second-order valence-electron chi connectivity index (χ2n) is 5.39. The van der Waals surface area contributed by atoms with Gasteiger partial charge in [0.1, 0.15) is 0 Å². The van der Waals surface area contributed by atoms with Gasteiger partial charge in [0.15, 0.2) is 0 Å². The Labute approximate surface area is 124 Å². The molecule has 0 aliphatic carbocycles. The fourth-order valence-corrected chi connectivity index (χ4v) is 2.13. The van der Waals surface area contributed by atoms with Crippen molar-refractivity contribution < 1.29 is 19.4 Å². The Morgan fingerprint density at radius 1 is 1.38 bits per heavy atom. The zero-order valence-electron chi connectivity index (χ0n) is 12.6. The molecule has 0 saturated carbocycles. The van der Waals surface area contributed by atoms with Gasteiger partial charge in [-0.3, -0.25) is 9.59 Å². The van der Waals surface area contributed by atoms with Gasteiger partial charge in [0.05, 0.1) is 12.7 Å². The molecule has 1 unspecified atom stereocenters. The van der Waals surface area contributed by atoms with Crippen molar-refractivity contribution in [2.45, 2.75) is 26.7 Å². The van der Waals surface area contributed by atoms with Crippen LogP contribution in [0.3, 0.4) is 0 Å². The number of aromatic nitrogens is 1. The molecule has 1 atom stereocenters. The first-order valence-corrected chi connectivity index (χ1v) is 6.92. The largest absolute Gasteiger partial charge is 0.481 e. The summed E-state index contributed by atoms with van der Waals surface area (Å²) in [7, 11) is 1.50. The number of ether oxygens (including phenoxy) is 1. The third-order valence-corrected chi connectivity index (χ3v) is 3.03. The van der Waals surface area contributed by atoms with Crippen LogP contribution in [0.1, 0.15) is 37.0 Å². The molecule has 0 bridgehead atoms. The van der Waals surface area contributed by atoms with E-state index in [0.29, 0.717) is 23.9 Å². The summed E-state index contributed by atoms with van der Waals surface area (Å²) < 4.78 is 4.93. The minimum absolute atomic E-state index is 0.0549. The predicted molar refractivity (Wildman–Crippen MR) is 78.3 cm³/mol. The fraction of sp³-hybridized carbons (Fsp3) is 0.533. The topological polar surface area (TPSA) is 88.5 Å². The third kappa shape index (κ3) is 6.25. The number of carbonyl (C=O) groups is 2. The van der Waals surface area contributed by atoms with E-state index in [1.165, 1.54) is 13.3 Å². The number of amides is 1. The second kappa shape index (κ2) is 8.24. The lowest BCUT2D eigenvalue weighted by Gasteiger charge is -2.17. The number of rotatable bonds is 8. The maximum Gasteiger partial charge on any atom is 0.303 e. The van der Waals surface area contributed by atoms with Crippen molar-refractivity contribution in [3.8, 4) is 5.88 Å². The average Bonchev–Trinajstić information content (AvgIpc) is 2.43. The number of carboxylic acid groups (broad SMARTS) is 1. The van der Waals surface area contributed by atoms with Crippen LogP contribution in [0, 0.1) is 11.8 Å². The van der Waals surface area contributed by atoms with Gasteiger partial charge in [0.2, 0.25) is 5.88 Å². The van der Waals surface area contributed by atoms with Crippen LogP contribution in [-0.2, 0) is 4.79 Å². The molecular weight excluding hydrogens is 272 g/mol. The first kappa shape index (κ1) is 16.9. The average molecular weight is 294 g/mol. The van der Waals surface area contributed by atoms with E-state index in [1.54, 1.807) is 12.1 Å². The maximum atomic E-state index is 12.0. The van der Waals surface area contributed by atoms with E-state index in [0.717, 1.165) is 6.42 Å². The van der Waals surface area contributed by atoms with Crippen LogP contribution in [-0.4, -0.2) is 35.6 Å². The number of nitrogens with zero attached hydrogens (tertiary/aromatic N) is 1. The smallest absolute Gasteiger partial charge is 0.303 e. The number of methoxy groups -OCH3 is 1. The van der Waals surface area contributed by atoms with Gasteiger partial charge < -0.3 is 15.2 Å². The first-order chi connectivity index (χ1) is 9.92. The molecule has 1 aromatic rings. The number of hydrogen-bond acceptors (Lipinski definition) is 4. The minimum Gasteiger partial charge on any atom is -0.481 e. The van der Waals surface area contributed by atoms with E-state index >= 15 is 0 Å². The Balaban J connectivity index is 2.56. The van der Waals surface area contributed by atoms with Crippen molar-refractivity contribution in [3.63, 3.8) is 0 Å². The zero-order valence-corrected chi connectivity index (χ0v) is 12.6. The predicted octanol–water partition coefficient (Wildman–Crippen LogP) is 1.96. The van der Waals surface area contributed by atoms with E-state index < -0.39 is 5.97 Å². The number of aliphatic carboxylic acids is 1. The highest BCUT2D eigenvalue weighted by Gasteiger charge is 2.16. The van der Waals surface area contributed by atoms with Crippen molar-refractivity contribution >= 4 is 11.9 Å². The third-order valence-electron chi connectivity index (χ3n) is 3.03. The molecule has 0 spiro atoms. The van der Waals surface area contributed by atoms with Crippen molar-refractivity contribution in [2.24, 2.45) is 11.8 Å². The summed E-state index contributed by atoms with van der Waals surface area (Å²) in [4.78, 5) is 26.8. The van der Waals surface area contributed by atoms with Gasteiger partial charge in [0.25, 0.3) is 5.91 Å². The molecule has 1 rings (SSSR count). The molecule has 1 aromatic heterocycles. The molecule has 0 fully saturated rings. The Kier molecular flexibility index (Phi) is 6.65. The van der Waals surface area contributed by atoms with Crippen LogP contribution in [0.25, 0.3) is 0 Å². The van der Waals surface area contributed by atoms with Crippen LogP contribution >= 0.6 is 0 Å². The summed E-state index contributed by atoms with van der Waals surface area (Å²) in [5.41, 5.74) is 0.425. The van der Waals surface area contributed by atoms with Gasteiger partial charge in [-0.2, -0.15) is 0 Å². The van der Waals surface area contributed by atoms with Crippen molar-refractivity contribution in [3.05, 3.63) is 23.9 Å². The summed E-state index contributed by atoms with van der Waals surface area (Å²) in [5.74, 6) is -0.355. The Hall–Kier alpha value is -2.11. The summed E-state index contributed by atoms with van der Waals surface area (Å²) >= 11 is 0. The van der Waals surface area contributed by atoms with Gasteiger partial charge in [-0.05, 0) is 24.3 Å². The van der Waals surface area contributed by atoms with Crippen LogP contribution in [0.2, 0.25) is 0 Å². The quantitative estimate of drug-likeness (QED) is 0.765. The molecule has 116 valence electrons. The number of pyridine rings is 1. The monoisotopic (exact) mass is 294 g/mol. The Bertz CT molecular complexity index is 471. The fourth-order valence-electron chi connectivity index (χ4n) is 2.13. The molecular formula is C15H22N2O4. The van der Waals surface area contributed by atoms with Gasteiger partial charge in [-0.1, -0.05) is 13.8 Å². The standard InChI is InChI=1S/C15H22N2O4/c1-10(2)6-11(7-14(18)19)8-17-15(20)12-4-5-13(21-3)16-9-12/h4-5,9-11H,6-8H2,1-3H3,(H,17,20)(H,18,19). The van der Waals surface area contributed by atoms with Gasteiger partial charge in [-0.15, -0.1) is 0 Å². The van der Waals surface area contributed by atoms with Gasteiger partial charge in [0, 0.05) is 25.2 Å². The minimum atomic E-state index is -0.846. The molecule has 1 heterocycles. The Morgan fingerprint density at radius 2 is 2.10 bits per heavy atom. The highest BCUT2D eigenvalue weighted by molar-refractivity contribution is 5.93. The molecule has 0 aromatic carbocycles. The van der Waals surface area contributed by atoms with Crippen molar-refractivity contribution in [2.75, 3.05) is 13.7 Å². The lowest BCUT2D eigenvalue weighted by Crippen LogP contribution is -2.31. The van der Waals surface area contributed by atoms with Crippen LogP contribution in [0.4, 0.5) is 0 Å². The second-order valence-corrected chi connectivity index (χ2v) is 5.39. The summed E-state index contributed by atoms with van der Waals surface area (Å²) in [6.07, 6.45) is 2.25. The first-order valence-electron chi connectivity index (χ1n) is 6.92. The highest BCUT2D eigenvalue weighted by Crippen LogP contribution is 2.15. The SMILES string of the molecule is COc1ccc(C(=O)NCC(CC(=O)O)CC(C)C)cn1. The molecule has 0 radical (unpaired) electrons. The molecule has 6 heteroatoms. The van der Waals surface area contributed by atoms with Crippen LogP contribution in [0.5, 0.6) is 5.88 Å². The number of carbonyl (C=O) groups excluding carboxylic acids is 1. The summed E-state index contributed by atoms with van der Waals surface area (Å²) in [6, 6.07) is 3.23. The van der Waals surface area contributed by atoms with E-state index in [9.17, 15) is 9.59 Å². The Morgan fingerprint density at radius 3 is 2.57 bits per heavy atom. The molecule has 6 nitrogen and oxygen atoms in total. The van der Waals surface area contributed by atoms with Gasteiger partial charge in [-0.25, -0.2) is 4.98 Å². The normalized spacial score (nSPS) is 12.0. The summed E-state index contributed by atoms with van der Waals surface area (Å²) in [5, 5.41) is 11.7. The van der Waals surface area contributed by atoms with Crippen molar-refractivity contribution in [1.82, 2.24) is 10.3 Å². The van der Waals surface area contributed by atoms with Crippen LogP contribution in [0.15, 0.2) is 18.3 Å². The maximum absolute atomic E-state index is 12.0. The lowest BCUT2D eigenvalue weighted by molar-refractivity contribution is -0.138. The number of hydrogen-bond donors (Lipinski definition) is 2. The number of nitrogens with one attached hydrogen (secondary N) is 1. The molecule has 1 amide bonds. The van der Waals surface area contributed by atoms with Gasteiger partial charge >= 0.3 is 5.97 Å². The van der Waals surface area contributed by atoms with E-state index in [2.05, 4.69) is 10.3 Å².